The third-order valence-electron chi connectivity index (χ3n) is 4.50. The van der Waals surface area contributed by atoms with Crippen LogP contribution in [0.2, 0.25) is 0 Å². The first kappa shape index (κ1) is 14.4. The van der Waals surface area contributed by atoms with Gasteiger partial charge in [-0.05, 0) is 29.9 Å². The highest BCUT2D eigenvalue weighted by Gasteiger charge is 2.41. The second kappa shape index (κ2) is 6.06. The molecule has 0 spiro atoms. The van der Waals surface area contributed by atoms with Gasteiger partial charge < -0.3 is 15.1 Å². The molecular weight excluding hydrogens is 262 g/mol. The third-order valence-corrected chi connectivity index (χ3v) is 4.50. The van der Waals surface area contributed by atoms with E-state index in [9.17, 15) is 4.79 Å². The van der Waals surface area contributed by atoms with E-state index in [0.717, 1.165) is 37.8 Å². The quantitative estimate of drug-likeness (QED) is 0.928. The van der Waals surface area contributed by atoms with Crippen molar-refractivity contribution in [3.05, 3.63) is 30.3 Å². The van der Waals surface area contributed by atoms with Gasteiger partial charge >= 0.3 is 6.03 Å². The molecule has 0 bridgehead atoms. The maximum absolute atomic E-state index is 12.3. The van der Waals surface area contributed by atoms with E-state index in [4.69, 9.17) is 0 Å². The molecule has 2 amide bonds. The lowest BCUT2D eigenvalue weighted by Crippen LogP contribution is -2.36. The number of para-hydroxylation sites is 1. The van der Waals surface area contributed by atoms with Crippen molar-refractivity contribution in [3.8, 4) is 0 Å². The van der Waals surface area contributed by atoms with Crippen molar-refractivity contribution >= 4 is 11.7 Å². The lowest BCUT2D eigenvalue weighted by molar-refractivity contribution is 0.210. The summed E-state index contributed by atoms with van der Waals surface area (Å²) in [5.41, 5.74) is 0.876. The van der Waals surface area contributed by atoms with Gasteiger partial charge in [0.05, 0.1) is 0 Å². The summed E-state index contributed by atoms with van der Waals surface area (Å²) in [6.07, 6.45) is 0. The normalized spacial score (nSPS) is 25.4. The van der Waals surface area contributed by atoms with Gasteiger partial charge in [-0.2, -0.15) is 0 Å². The summed E-state index contributed by atoms with van der Waals surface area (Å²) in [5, 5.41) is 2.99. The number of likely N-dealkylation sites (tertiary alicyclic amines) is 2. The molecule has 4 heteroatoms. The summed E-state index contributed by atoms with van der Waals surface area (Å²) in [4.78, 5) is 16.8. The van der Waals surface area contributed by atoms with Crippen LogP contribution in [0, 0.1) is 17.8 Å². The van der Waals surface area contributed by atoms with Gasteiger partial charge in [0.15, 0.2) is 0 Å². The molecule has 2 saturated heterocycles. The van der Waals surface area contributed by atoms with Gasteiger partial charge in [0.1, 0.15) is 0 Å². The Labute approximate surface area is 127 Å². The number of anilines is 1. The molecule has 114 valence electrons. The van der Waals surface area contributed by atoms with Crippen molar-refractivity contribution in [1.29, 1.82) is 0 Å². The minimum atomic E-state index is 0.0472. The smallest absolute Gasteiger partial charge is 0.321 e. The molecule has 2 heterocycles. The SMILES string of the molecule is CC(C)CN1CC2CN(C(=O)Nc3ccccc3)CC2C1. The number of carbonyl (C=O) groups is 1. The molecule has 2 aliphatic rings. The summed E-state index contributed by atoms with van der Waals surface area (Å²) in [6, 6.07) is 9.75. The van der Waals surface area contributed by atoms with Gasteiger partial charge in [-0.3, -0.25) is 0 Å². The Bertz CT molecular complexity index is 474. The number of nitrogens with one attached hydrogen (secondary N) is 1. The fourth-order valence-electron chi connectivity index (χ4n) is 3.65. The van der Waals surface area contributed by atoms with Crippen LogP contribution in [-0.2, 0) is 0 Å². The molecule has 1 aromatic carbocycles. The largest absolute Gasteiger partial charge is 0.324 e. The van der Waals surface area contributed by atoms with Gasteiger partial charge in [0.2, 0.25) is 0 Å². The van der Waals surface area contributed by atoms with Gasteiger partial charge in [0.25, 0.3) is 0 Å². The monoisotopic (exact) mass is 287 g/mol. The van der Waals surface area contributed by atoms with Crippen LogP contribution in [0.25, 0.3) is 0 Å². The predicted molar refractivity (Wildman–Crippen MR) is 85.3 cm³/mol. The van der Waals surface area contributed by atoms with Crippen molar-refractivity contribution in [2.45, 2.75) is 13.8 Å². The number of hydrogen-bond donors (Lipinski definition) is 1. The molecule has 0 saturated carbocycles. The standard InChI is InChI=1S/C17H25N3O/c1-13(2)8-19-9-14-11-20(12-15(14)10-19)17(21)18-16-6-4-3-5-7-16/h3-7,13-15H,8-12H2,1-2H3,(H,18,21). The minimum Gasteiger partial charge on any atom is -0.324 e. The van der Waals surface area contributed by atoms with E-state index < -0.39 is 0 Å². The first-order valence-corrected chi connectivity index (χ1v) is 7.95. The van der Waals surface area contributed by atoms with Crippen LogP contribution >= 0.6 is 0 Å². The van der Waals surface area contributed by atoms with E-state index in [2.05, 4.69) is 24.1 Å². The van der Waals surface area contributed by atoms with Crippen molar-refractivity contribution < 1.29 is 4.79 Å². The van der Waals surface area contributed by atoms with E-state index in [1.54, 1.807) is 0 Å². The maximum atomic E-state index is 12.3. The number of benzene rings is 1. The van der Waals surface area contributed by atoms with Crippen molar-refractivity contribution in [3.63, 3.8) is 0 Å². The Morgan fingerprint density at radius 2 is 1.76 bits per heavy atom. The van der Waals surface area contributed by atoms with Crippen molar-refractivity contribution in [2.75, 3.05) is 38.0 Å². The molecule has 0 aliphatic carbocycles. The molecule has 2 unspecified atom stereocenters. The molecule has 2 atom stereocenters. The Morgan fingerprint density at radius 3 is 2.33 bits per heavy atom. The average molecular weight is 287 g/mol. The minimum absolute atomic E-state index is 0.0472. The Morgan fingerprint density at radius 1 is 1.14 bits per heavy atom. The summed E-state index contributed by atoms with van der Waals surface area (Å²) in [6.45, 7) is 9.83. The zero-order valence-electron chi connectivity index (χ0n) is 13.0. The highest BCUT2D eigenvalue weighted by molar-refractivity contribution is 5.89. The second-order valence-corrected chi connectivity index (χ2v) is 6.83. The molecule has 2 fully saturated rings. The molecule has 21 heavy (non-hydrogen) atoms. The first-order chi connectivity index (χ1) is 10.1. The van der Waals surface area contributed by atoms with Crippen LogP contribution in [0.4, 0.5) is 10.5 Å². The number of urea groups is 1. The molecule has 4 nitrogen and oxygen atoms in total. The molecule has 1 N–H and O–H groups in total. The fourth-order valence-corrected chi connectivity index (χ4v) is 3.65. The second-order valence-electron chi connectivity index (χ2n) is 6.83. The molecule has 0 radical (unpaired) electrons. The lowest BCUT2D eigenvalue weighted by Gasteiger charge is -2.23. The lowest BCUT2D eigenvalue weighted by atomic mass is 10.0. The average Bonchev–Trinajstić information content (AvgIpc) is 2.97. The van der Waals surface area contributed by atoms with Crippen LogP contribution in [0.15, 0.2) is 30.3 Å². The number of rotatable bonds is 3. The highest BCUT2D eigenvalue weighted by atomic mass is 16.2. The third kappa shape index (κ3) is 3.38. The summed E-state index contributed by atoms with van der Waals surface area (Å²) in [7, 11) is 0. The van der Waals surface area contributed by atoms with Crippen molar-refractivity contribution in [1.82, 2.24) is 9.80 Å². The summed E-state index contributed by atoms with van der Waals surface area (Å²) in [5.74, 6) is 2.04. The van der Waals surface area contributed by atoms with Gasteiger partial charge in [-0.15, -0.1) is 0 Å². The zero-order valence-corrected chi connectivity index (χ0v) is 13.0. The number of amides is 2. The summed E-state index contributed by atoms with van der Waals surface area (Å²) >= 11 is 0. The number of carbonyl (C=O) groups excluding carboxylic acids is 1. The van der Waals surface area contributed by atoms with Gasteiger partial charge in [-0.25, -0.2) is 4.79 Å². The van der Waals surface area contributed by atoms with Gasteiger partial charge in [-0.1, -0.05) is 32.0 Å². The number of fused-ring (bicyclic) bond motifs is 1. The molecule has 0 aromatic heterocycles. The Hall–Kier alpha value is -1.55. The van der Waals surface area contributed by atoms with Crippen LogP contribution in [0.5, 0.6) is 0 Å². The fraction of sp³-hybridized carbons (Fsp3) is 0.588. The number of hydrogen-bond acceptors (Lipinski definition) is 2. The van der Waals surface area contributed by atoms with E-state index in [0.29, 0.717) is 11.8 Å². The van der Waals surface area contributed by atoms with Crippen LogP contribution < -0.4 is 5.32 Å². The van der Waals surface area contributed by atoms with E-state index in [1.165, 1.54) is 6.54 Å². The highest BCUT2D eigenvalue weighted by Crippen LogP contribution is 2.31. The maximum Gasteiger partial charge on any atom is 0.321 e. The van der Waals surface area contributed by atoms with Crippen LogP contribution in [-0.4, -0.2) is 48.6 Å². The van der Waals surface area contributed by atoms with Crippen LogP contribution in [0.3, 0.4) is 0 Å². The Balaban J connectivity index is 1.52. The molecule has 3 rings (SSSR count). The predicted octanol–water partition coefficient (Wildman–Crippen LogP) is 2.74. The van der Waals surface area contributed by atoms with Gasteiger partial charge in [0, 0.05) is 38.4 Å². The van der Waals surface area contributed by atoms with Crippen LogP contribution in [0.1, 0.15) is 13.8 Å². The topological polar surface area (TPSA) is 35.6 Å². The molecular formula is C17H25N3O. The Kier molecular flexibility index (Phi) is 4.15. The van der Waals surface area contributed by atoms with E-state index in [1.807, 2.05) is 35.2 Å². The number of nitrogens with zero attached hydrogens (tertiary/aromatic N) is 2. The van der Waals surface area contributed by atoms with Crippen molar-refractivity contribution in [2.24, 2.45) is 17.8 Å². The molecule has 1 aromatic rings. The van der Waals surface area contributed by atoms with E-state index in [-0.39, 0.29) is 6.03 Å². The first-order valence-electron chi connectivity index (χ1n) is 7.95. The summed E-state index contributed by atoms with van der Waals surface area (Å²) < 4.78 is 0. The molecule has 2 aliphatic heterocycles. The zero-order chi connectivity index (χ0) is 14.8. The van der Waals surface area contributed by atoms with E-state index >= 15 is 0 Å².